The number of aryl methyl sites for hydroxylation is 1. The number of hydrogen-bond acceptors (Lipinski definition) is 5. The van der Waals surface area contributed by atoms with Crippen LogP contribution >= 0.6 is 22.6 Å². The van der Waals surface area contributed by atoms with Gasteiger partial charge in [-0.1, -0.05) is 12.1 Å². The van der Waals surface area contributed by atoms with Crippen molar-refractivity contribution in [2.45, 2.75) is 19.3 Å². The van der Waals surface area contributed by atoms with Crippen molar-refractivity contribution in [3.05, 3.63) is 51.1 Å². The highest BCUT2D eigenvalue weighted by Crippen LogP contribution is 2.31. The van der Waals surface area contributed by atoms with Gasteiger partial charge in [0.2, 0.25) is 5.91 Å². The summed E-state index contributed by atoms with van der Waals surface area (Å²) in [6.07, 6.45) is 3.46. The van der Waals surface area contributed by atoms with E-state index in [4.69, 9.17) is 9.47 Å². The number of amides is 1. The molecule has 0 radical (unpaired) electrons. The fourth-order valence-corrected chi connectivity index (χ4v) is 2.93. The number of ether oxygens (including phenoxy) is 2. The van der Waals surface area contributed by atoms with Crippen molar-refractivity contribution in [3.8, 4) is 17.2 Å². The van der Waals surface area contributed by atoms with Crippen molar-refractivity contribution < 1.29 is 19.4 Å². The molecule has 6 nitrogen and oxygen atoms in total. The van der Waals surface area contributed by atoms with Crippen LogP contribution in [0.25, 0.3) is 0 Å². The van der Waals surface area contributed by atoms with Crippen molar-refractivity contribution in [1.29, 1.82) is 0 Å². The number of aromatic hydroxyl groups is 1. The molecule has 0 heterocycles. The number of carbonyl (C=O) groups is 1. The molecule has 2 aromatic rings. The largest absolute Gasteiger partial charge is 0.504 e. The highest BCUT2D eigenvalue weighted by Gasteiger charge is 2.07. The second kappa shape index (κ2) is 10.0. The Hall–Kier alpha value is -2.29. The number of nitrogens with one attached hydrogen (secondary N) is 1. The zero-order chi connectivity index (χ0) is 18.9. The van der Waals surface area contributed by atoms with Crippen LogP contribution in [0.5, 0.6) is 17.2 Å². The molecule has 2 N–H and O–H groups in total. The van der Waals surface area contributed by atoms with Crippen LogP contribution in [0.2, 0.25) is 0 Å². The second-order valence-corrected chi connectivity index (χ2v) is 6.71. The maximum atomic E-state index is 11.9. The van der Waals surface area contributed by atoms with Gasteiger partial charge in [0.25, 0.3) is 0 Å². The smallest absolute Gasteiger partial charge is 0.240 e. The number of phenolic OH excluding ortho intramolecular Hbond substituents is 1. The maximum absolute atomic E-state index is 11.9. The first-order chi connectivity index (χ1) is 12.5. The fraction of sp³-hybridized carbons (Fsp3) is 0.263. The molecular formula is C19H21IN2O4. The van der Waals surface area contributed by atoms with Crippen LogP contribution in [0, 0.1) is 3.57 Å². The number of methoxy groups -OCH3 is 2. The van der Waals surface area contributed by atoms with E-state index in [0.29, 0.717) is 15.7 Å². The third-order valence-electron chi connectivity index (χ3n) is 3.70. The molecule has 0 aliphatic heterocycles. The van der Waals surface area contributed by atoms with E-state index in [1.807, 2.05) is 46.9 Å². The Balaban J connectivity index is 1.79. The number of rotatable bonds is 8. The predicted molar refractivity (Wildman–Crippen MR) is 109 cm³/mol. The van der Waals surface area contributed by atoms with E-state index in [2.05, 4.69) is 10.5 Å². The zero-order valence-electron chi connectivity index (χ0n) is 14.7. The number of nitrogens with zero attached hydrogens (tertiary/aromatic N) is 1. The molecule has 0 aliphatic carbocycles. The highest BCUT2D eigenvalue weighted by atomic mass is 127. The number of carbonyl (C=O) groups excluding carboxylic acids is 1. The lowest BCUT2D eigenvalue weighted by Gasteiger charge is -2.06. The summed E-state index contributed by atoms with van der Waals surface area (Å²) in [5.74, 6) is 1.13. The Bertz CT molecular complexity index is 776. The minimum absolute atomic E-state index is 0.0906. The van der Waals surface area contributed by atoms with Gasteiger partial charge in [0.15, 0.2) is 11.5 Å². The molecule has 0 saturated carbocycles. The molecule has 26 heavy (non-hydrogen) atoms. The molecule has 2 rings (SSSR count). The minimum atomic E-state index is -0.143. The summed E-state index contributed by atoms with van der Waals surface area (Å²) in [6.45, 7) is 0. The van der Waals surface area contributed by atoms with Gasteiger partial charge in [-0.3, -0.25) is 4.79 Å². The van der Waals surface area contributed by atoms with Crippen LogP contribution in [0.1, 0.15) is 24.0 Å². The molecule has 0 aliphatic rings. The molecule has 0 unspecified atom stereocenters. The number of hydrazone groups is 1. The Kier molecular flexibility index (Phi) is 7.71. The SMILES string of the molecule is COc1ccc(CCCC(=O)N/N=C\c2cc(I)c(O)c(OC)c2)cc1. The van der Waals surface area contributed by atoms with E-state index in [1.165, 1.54) is 13.3 Å². The summed E-state index contributed by atoms with van der Waals surface area (Å²) >= 11 is 2.01. The summed E-state index contributed by atoms with van der Waals surface area (Å²) < 4.78 is 10.9. The molecule has 0 atom stereocenters. The fourth-order valence-electron chi connectivity index (χ4n) is 2.30. The molecule has 0 spiro atoms. The second-order valence-electron chi connectivity index (χ2n) is 5.55. The van der Waals surface area contributed by atoms with Gasteiger partial charge in [0.05, 0.1) is 24.0 Å². The molecule has 0 saturated heterocycles. The molecule has 138 valence electrons. The lowest BCUT2D eigenvalue weighted by Crippen LogP contribution is -2.17. The summed E-state index contributed by atoms with van der Waals surface area (Å²) in [7, 11) is 3.12. The van der Waals surface area contributed by atoms with Crippen molar-refractivity contribution in [2.24, 2.45) is 5.10 Å². The van der Waals surface area contributed by atoms with E-state index < -0.39 is 0 Å². The molecule has 7 heteroatoms. The summed E-state index contributed by atoms with van der Waals surface area (Å²) in [4.78, 5) is 11.9. The quantitative estimate of drug-likeness (QED) is 0.353. The van der Waals surface area contributed by atoms with Gasteiger partial charge in [-0.2, -0.15) is 5.10 Å². The predicted octanol–water partition coefficient (Wildman–Crippen LogP) is 3.49. The van der Waals surface area contributed by atoms with E-state index in [0.717, 1.165) is 29.7 Å². The van der Waals surface area contributed by atoms with Gasteiger partial charge >= 0.3 is 0 Å². The van der Waals surface area contributed by atoms with Crippen LogP contribution in [-0.4, -0.2) is 31.4 Å². The average molecular weight is 468 g/mol. The first kappa shape index (κ1) is 20.0. The topological polar surface area (TPSA) is 80.2 Å². The monoisotopic (exact) mass is 468 g/mol. The van der Waals surface area contributed by atoms with Crippen LogP contribution in [0.3, 0.4) is 0 Å². The van der Waals surface area contributed by atoms with E-state index in [-0.39, 0.29) is 11.7 Å². The molecule has 2 aromatic carbocycles. The highest BCUT2D eigenvalue weighted by molar-refractivity contribution is 14.1. The first-order valence-corrected chi connectivity index (χ1v) is 9.12. The van der Waals surface area contributed by atoms with E-state index in [1.54, 1.807) is 19.2 Å². The molecule has 0 fully saturated rings. The van der Waals surface area contributed by atoms with Crippen LogP contribution in [-0.2, 0) is 11.2 Å². The number of phenols is 1. The number of halogens is 1. The van der Waals surface area contributed by atoms with Crippen LogP contribution in [0.15, 0.2) is 41.5 Å². The van der Waals surface area contributed by atoms with Crippen molar-refractivity contribution in [2.75, 3.05) is 14.2 Å². The number of benzene rings is 2. The van der Waals surface area contributed by atoms with Crippen LogP contribution < -0.4 is 14.9 Å². The Morgan fingerprint density at radius 3 is 2.62 bits per heavy atom. The lowest BCUT2D eigenvalue weighted by molar-refractivity contribution is -0.121. The summed E-state index contributed by atoms with van der Waals surface area (Å²) in [5.41, 5.74) is 4.40. The standard InChI is InChI=1S/C19H21IN2O4/c1-25-15-8-6-13(7-9-15)4-3-5-18(23)22-21-12-14-10-16(20)19(24)17(11-14)26-2/h6-12,24H,3-5H2,1-2H3,(H,22,23)/b21-12-. The zero-order valence-corrected chi connectivity index (χ0v) is 16.8. The van der Waals surface area contributed by atoms with E-state index in [9.17, 15) is 9.90 Å². The molecule has 0 aromatic heterocycles. The van der Waals surface area contributed by atoms with Gasteiger partial charge in [0, 0.05) is 6.42 Å². The molecule has 0 bridgehead atoms. The number of hydrogen-bond donors (Lipinski definition) is 2. The Morgan fingerprint density at radius 2 is 1.96 bits per heavy atom. The van der Waals surface area contributed by atoms with Gasteiger partial charge < -0.3 is 14.6 Å². The first-order valence-electron chi connectivity index (χ1n) is 8.05. The average Bonchev–Trinajstić information content (AvgIpc) is 2.65. The van der Waals surface area contributed by atoms with Gasteiger partial charge in [-0.05, 0) is 70.8 Å². The van der Waals surface area contributed by atoms with Crippen molar-refractivity contribution in [3.63, 3.8) is 0 Å². The third-order valence-corrected chi connectivity index (χ3v) is 4.52. The van der Waals surface area contributed by atoms with Crippen LogP contribution in [0.4, 0.5) is 0 Å². The van der Waals surface area contributed by atoms with Crippen molar-refractivity contribution in [1.82, 2.24) is 5.43 Å². The minimum Gasteiger partial charge on any atom is -0.504 e. The lowest BCUT2D eigenvalue weighted by atomic mass is 10.1. The molecular weight excluding hydrogens is 447 g/mol. The van der Waals surface area contributed by atoms with E-state index >= 15 is 0 Å². The van der Waals surface area contributed by atoms with Gasteiger partial charge in [-0.15, -0.1) is 0 Å². The maximum Gasteiger partial charge on any atom is 0.240 e. The third kappa shape index (κ3) is 5.91. The Morgan fingerprint density at radius 1 is 1.23 bits per heavy atom. The molecule has 1 amide bonds. The van der Waals surface area contributed by atoms with Gasteiger partial charge in [-0.25, -0.2) is 5.43 Å². The summed E-state index contributed by atoms with van der Waals surface area (Å²) in [6, 6.07) is 11.2. The Labute approximate surface area is 166 Å². The normalized spacial score (nSPS) is 10.7. The summed E-state index contributed by atoms with van der Waals surface area (Å²) in [5, 5.41) is 13.8. The van der Waals surface area contributed by atoms with Crippen molar-refractivity contribution >= 4 is 34.7 Å². The van der Waals surface area contributed by atoms with Gasteiger partial charge in [0.1, 0.15) is 5.75 Å².